The van der Waals surface area contributed by atoms with Crippen LogP contribution >= 0.6 is 35.7 Å². The Morgan fingerprint density at radius 2 is 2.11 bits per heavy atom. The summed E-state index contributed by atoms with van der Waals surface area (Å²) in [6.07, 6.45) is 10.4. The number of nitrogens with one attached hydrogen (secondary N) is 1. The highest BCUT2D eigenvalue weighted by Gasteiger charge is 2.23. The van der Waals surface area contributed by atoms with Gasteiger partial charge in [-0.1, -0.05) is 24.6 Å². The molecule has 0 spiro atoms. The summed E-state index contributed by atoms with van der Waals surface area (Å²) in [5, 5.41) is 13.5. The minimum Gasteiger partial charge on any atom is -0.381 e. The average molecular weight is 523 g/mol. The predicted octanol–water partition coefficient (Wildman–Crippen LogP) is 3.21. The van der Waals surface area contributed by atoms with E-state index in [4.69, 9.17) is 4.74 Å². The van der Waals surface area contributed by atoms with Gasteiger partial charge in [0.1, 0.15) is 5.82 Å². The molecular formula is C19H35IN6OS. The molecule has 7 nitrogen and oxygen atoms in total. The van der Waals surface area contributed by atoms with Crippen molar-refractivity contribution in [3.8, 4) is 0 Å². The molecule has 28 heavy (non-hydrogen) atoms. The molecule has 2 fully saturated rings. The van der Waals surface area contributed by atoms with Crippen molar-refractivity contribution in [3.63, 3.8) is 0 Å². The summed E-state index contributed by atoms with van der Waals surface area (Å²) in [5.41, 5.74) is 0. The Kier molecular flexibility index (Phi) is 10.4. The Morgan fingerprint density at radius 3 is 2.75 bits per heavy atom. The van der Waals surface area contributed by atoms with Crippen LogP contribution in [-0.4, -0.2) is 72.3 Å². The lowest BCUT2D eigenvalue weighted by Crippen LogP contribution is -2.41. The fourth-order valence-corrected chi connectivity index (χ4v) is 4.75. The van der Waals surface area contributed by atoms with Crippen molar-refractivity contribution in [2.75, 3.05) is 46.7 Å². The topological polar surface area (TPSA) is 67.6 Å². The van der Waals surface area contributed by atoms with E-state index in [1.54, 1.807) is 11.8 Å². The van der Waals surface area contributed by atoms with E-state index in [0.717, 1.165) is 62.5 Å². The molecule has 2 heterocycles. The number of hydrogen-bond donors (Lipinski definition) is 1. The summed E-state index contributed by atoms with van der Waals surface area (Å²) >= 11 is 1.71. The van der Waals surface area contributed by atoms with E-state index in [2.05, 4.69) is 43.3 Å². The SMILES string of the molecule is CN=C(NCCCc1nnc(SC)n1C1CCCC1)N(C)CC1CCOC1.I. The Bertz CT molecular complexity index is 614. The number of thioether (sulfide) groups is 1. The molecule has 2 aliphatic rings. The average Bonchev–Trinajstić information content (AvgIpc) is 3.42. The lowest BCUT2D eigenvalue weighted by atomic mass is 10.1. The molecule has 1 atom stereocenters. The number of aryl methyl sites for hydroxylation is 1. The van der Waals surface area contributed by atoms with Crippen LogP contribution in [0.15, 0.2) is 10.1 Å². The van der Waals surface area contributed by atoms with E-state index in [9.17, 15) is 0 Å². The van der Waals surface area contributed by atoms with Gasteiger partial charge in [0, 0.05) is 52.2 Å². The number of rotatable bonds is 8. The third kappa shape index (κ3) is 6.22. The third-order valence-corrected chi connectivity index (χ3v) is 6.24. The number of guanidine groups is 1. The standard InChI is InChI=1S/C19H34N6OS.HI/c1-20-18(24(2)13-15-10-12-26-14-15)21-11-6-9-17-22-23-19(27-3)25(17)16-7-4-5-8-16;/h15-16H,4-14H2,1-3H3,(H,20,21);1H. The third-order valence-electron chi connectivity index (χ3n) is 5.60. The molecular weight excluding hydrogens is 487 g/mol. The lowest BCUT2D eigenvalue weighted by Gasteiger charge is -2.24. The highest BCUT2D eigenvalue weighted by Crippen LogP contribution is 2.33. The number of hydrogen-bond acceptors (Lipinski definition) is 5. The molecule has 1 aliphatic carbocycles. The molecule has 1 saturated carbocycles. The normalized spacial score (nSPS) is 20.4. The highest BCUT2D eigenvalue weighted by atomic mass is 127. The van der Waals surface area contributed by atoms with Crippen molar-refractivity contribution in [3.05, 3.63) is 5.82 Å². The van der Waals surface area contributed by atoms with E-state index >= 15 is 0 Å². The van der Waals surface area contributed by atoms with Crippen molar-refractivity contribution >= 4 is 41.7 Å². The summed E-state index contributed by atoms with van der Waals surface area (Å²) in [7, 11) is 3.96. The largest absolute Gasteiger partial charge is 0.381 e. The van der Waals surface area contributed by atoms with Crippen LogP contribution in [0.1, 0.15) is 50.4 Å². The van der Waals surface area contributed by atoms with Gasteiger partial charge in [-0.2, -0.15) is 0 Å². The van der Waals surface area contributed by atoms with E-state index in [0.29, 0.717) is 12.0 Å². The molecule has 0 aromatic carbocycles. The summed E-state index contributed by atoms with van der Waals surface area (Å²) in [5.74, 6) is 2.71. The van der Waals surface area contributed by atoms with Crippen LogP contribution in [0.4, 0.5) is 0 Å². The molecule has 0 amide bonds. The predicted molar refractivity (Wildman–Crippen MR) is 126 cm³/mol. The first-order valence-corrected chi connectivity index (χ1v) is 11.4. The maximum absolute atomic E-state index is 5.48. The van der Waals surface area contributed by atoms with E-state index in [1.807, 2.05) is 7.05 Å². The number of nitrogens with zero attached hydrogens (tertiary/aromatic N) is 5. The van der Waals surface area contributed by atoms with Crippen LogP contribution in [0.2, 0.25) is 0 Å². The van der Waals surface area contributed by atoms with Gasteiger partial charge in [-0.3, -0.25) is 4.99 Å². The van der Waals surface area contributed by atoms with Crippen LogP contribution < -0.4 is 5.32 Å². The Hall–Kier alpha value is -0.550. The number of aliphatic imine (C=N–C) groups is 1. The Morgan fingerprint density at radius 1 is 1.32 bits per heavy atom. The smallest absolute Gasteiger partial charge is 0.193 e. The minimum absolute atomic E-state index is 0. The number of ether oxygens (including phenoxy) is 1. The van der Waals surface area contributed by atoms with Gasteiger partial charge in [0.15, 0.2) is 11.1 Å². The van der Waals surface area contributed by atoms with E-state index in [-0.39, 0.29) is 24.0 Å². The lowest BCUT2D eigenvalue weighted by molar-refractivity contribution is 0.181. The van der Waals surface area contributed by atoms with Crippen molar-refractivity contribution in [1.82, 2.24) is 25.0 Å². The molecule has 9 heteroatoms. The van der Waals surface area contributed by atoms with E-state index < -0.39 is 0 Å². The Labute approximate surface area is 190 Å². The van der Waals surface area contributed by atoms with Gasteiger partial charge in [0.25, 0.3) is 0 Å². The van der Waals surface area contributed by atoms with Crippen molar-refractivity contribution in [1.29, 1.82) is 0 Å². The highest BCUT2D eigenvalue weighted by molar-refractivity contribution is 14.0. The zero-order valence-corrected chi connectivity index (χ0v) is 20.5. The molecule has 0 bridgehead atoms. The van der Waals surface area contributed by atoms with Gasteiger partial charge in [0.2, 0.25) is 0 Å². The van der Waals surface area contributed by atoms with Crippen molar-refractivity contribution in [2.24, 2.45) is 10.9 Å². The van der Waals surface area contributed by atoms with Gasteiger partial charge in [0.05, 0.1) is 6.61 Å². The summed E-state index contributed by atoms with van der Waals surface area (Å²) < 4.78 is 7.88. The fraction of sp³-hybridized carbons (Fsp3) is 0.842. The van der Waals surface area contributed by atoms with Gasteiger partial charge in [-0.15, -0.1) is 34.2 Å². The molecule has 1 unspecified atom stereocenters. The first-order chi connectivity index (χ1) is 13.2. The maximum Gasteiger partial charge on any atom is 0.193 e. The molecule has 3 rings (SSSR count). The van der Waals surface area contributed by atoms with Crippen LogP contribution in [-0.2, 0) is 11.2 Å². The van der Waals surface area contributed by atoms with Crippen LogP contribution in [0, 0.1) is 5.92 Å². The maximum atomic E-state index is 5.48. The molecule has 0 radical (unpaired) electrons. The first kappa shape index (κ1) is 23.7. The van der Waals surface area contributed by atoms with Crippen LogP contribution in [0.5, 0.6) is 0 Å². The molecule has 160 valence electrons. The van der Waals surface area contributed by atoms with Gasteiger partial charge in [-0.05, 0) is 31.9 Å². The summed E-state index contributed by atoms with van der Waals surface area (Å²) in [4.78, 5) is 6.64. The molecule has 1 aliphatic heterocycles. The van der Waals surface area contributed by atoms with Gasteiger partial charge >= 0.3 is 0 Å². The molecule has 1 aromatic rings. The first-order valence-electron chi connectivity index (χ1n) is 10.2. The summed E-state index contributed by atoms with van der Waals surface area (Å²) in [6.45, 7) is 3.65. The molecule has 1 saturated heterocycles. The molecule has 1 N–H and O–H groups in total. The second kappa shape index (κ2) is 12.2. The second-order valence-electron chi connectivity index (χ2n) is 7.60. The van der Waals surface area contributed by atoms with Crippen molar-refractivity contribution < 1.29 is 4.74 Å². The number of aromatic nitrogens is 3. The van der Waals surface area contributed by atoms with Gasteiger partial charge < -0.3 is 19.5 Å². The van der Waals surface area contributed by atoms with Crippen LogP contribution in [0.25, 0.3) is 0 Å². The van der Waals surface area contributed by atoms with Crippen molar-refractivity contribution in [2.45, 2.75) is 56.1 Å². The fourth-order valence-electron chi connectivity index (χ4n) is 4.18. The Balaban J connectivity index is 0.00000280. The van der Waals surface area contributed by atoms with Gasteiger partial charge in [-0.25, -0.2) is 0 Å². The quantitative estimate of drug-likeness (QED) is 0.186. The molecule has 1 aromatic heterocycles. The second-order valence-corrected chi connectivity index (χ2v) is 8.37. The monoisotopic (exact) mass is 522 g/mol. The summed E-state index contributed by atoms with van der Waals surface area (Å²) in [6, 6.07) is 0.595. The van der Waals surface area contributed by atoms with E-state index in [1.165, 1.54) is 25.7 Å². The minimum atomic E-state index is 0. The van der Waals surface area contributed by atoms with Crippen LogP contribution in [0.3, 0.4) is 0 Å². The zero-order valence-electron chi connectivity index (χ0n) is 17.4. The number of halogens is 1. The zero-order chi connectivity index (χ0) is 19.1.